The summed E-state index contributed by atoms with van der Waals surface area (Å²) in [7, 11) is 3.63. The molecule has 6 heteroatoms. The van der Waals surface area contributed by atoms with Gasteiger partial charge in [-0.3, -0.25) is 4.99 Å². The Morgan fingerprint density at radius 2 is 1.77 bits per heavy atom. The minimum Gasteiger partial charge on any atom is -0.385 e. The number of nitrogens with zero attached hydrogens (tertiary/aromatic N) is 3. The molecule has 0 spiro atoms. The van der Waals surface area contributed by atoms with Crippen molar-refractivity contribution in [3.8, 4) is 0 Å². The lowest BCUT2D eigenvalue weighted by molar-refractivity contribution is 0.155. The molecule has 0 amide bonds. The fourth-order valence-electron chi connectivity index (χ4n) is 4.40. The number of nitrogens with one attached hydrogen (secondary N) is 2. The lowest BCUT2D eigenvalue weighted by Gasteiger charge is -2.33. The maximum absolute atomic E-state index is 5.16. The first-order valence-corrected chi connectivity index (χ1v) is 11.7. The summed E-state index contributed by atoms with van der Waals surface area (Å²) >= 11 is 0. The third-order valence-electron chi connectivity index (χ3n) is 6.52. The maximum atomic E-state index is 5.16. The Morgan fingerprint density at radius 1 is 1.07 bits per heavy atom. The first kappa shape index (κ1) is 22.9. The highest BCUT2D eigenvalue weighted by molar-refractivity contribution is 5.80. The van der Waals surface area contributed by atoms with Crippen LogP contribution in [0.25, 0.3) is 0 Å². The van der Waals surface area contributed by atoms with Gasteiger partial charge in [0, 0.05) is 71.8 Å². The van der Waals surface area contributed by atoms with Crippen LogP contribution in [0.15, 0.2) is 29.3 Å². The number of likely N-dealkylation sites (tertiary alicyclic amines) is 1. The smallest absolute Gasteiger partial charge is 0.191 e. The van der Waals surface area contributed by atoms with Crippen molar-refractivity contribution >= 4 is 11.6 Å². The lowest BCUT2D eigenvalue weighted by atomic mass is 9.99. The van der Waals surface area contributed by atoms with E-state index in [9.17, 15) is 0 Å². The van der Waals surface area contributed by atoms with Gasteiger partial charge in [0.25, 0.3) is 0 Å². The molecular formula is C24H41N5O. The van der Waals surface area contributed by atoms with Gasteiger partial charge in [-0.25, -0.2) is 0 Å². The van der Waals surface area contributed by atoms with E-state index in [4.69, 9.17) is 4.74 Å². The van der Waals surface area contributed by atoms with Crippen molar-refractivity contribution in [2.45, 2.75) is 51.6 Å². The molecule has 0 saturated carbocycles. The number of methoxy groups -OCH3 is 1. The Hall–Kier alpha value is -1.79. The first-order valence-electron chi connectivity index (χ1n) is 11.7. The number of benzene rings is 1. The summed E-state index contributed by atoms with van der Waals surface area (Å²) in [6.45, 7) is 9.81. The quantitative estimate of drug-likeness (QED) is 0.388. The van der Waals surface area contributed by atoms with E-state index in [0.717, 1.165) is 63.9 Å². The number of ether oxygens (including phenoxy) is 1. The molecule has 2 heterocycles. The zero-order chi connectivity index (χ0) is 21.2. The molecule has 2 fully saturated rings. The minimum atomic E-state index is 0.499. The molecule has 2 N–H and O–H groups in total. The van der Waals surface area contributed by atoms with E-state index in [1.807, 2.05) is 7.05 Å². The Balaban J connectivity index is 1.38. The molecular weight excluding hydrogens is 374 g/mol. The monoisotopic (exact) mass is 415 g/mol. The largest absolute Gasteiger partial charge is 0.385 e. The molecule has 1 aromatic rings. The highest BCUT2D eigenvalue weighted by Crippen LogP contribution is 2.23. The van der Waals surface area contributed by atoms with Gasteiger partial charge in [-0.05, 0) is 55.7 Å². The van der Waals surface area contributed by atoms with Crippen molar-refractivity contribution in [2.75, 3.05) is 58.4 Å². The molecule has 30 heavy (non-hydrogen) atoms. The van der Waals surface area contributed by atoms with Gasteiger partial charge in [-0.2, -0.15) is 0 Å². The van der Waals surface area contributed by atoms with Crippen molar-refractivity contribution in [3.05, 3.63) is 29.8 Å². The number of guanidine groups is 1. The summed E-state index contributed by atoms with van der Waals surface area (Å²) in [6, 6.07) is 9.52. The van der Waals surface area contributed by atoms with Crippen molar-refractivity contribution in [1.82, 2.24) is 15.5 Å². The van der Waals surface area contributed by atoms with Gasteiger partial charge in [0.15, 0.2) is 5.96 Å². The van der Waals surface area contributed by atoms with Crippen LogP contribution >= 0.6 is 0 Å². The van der Waals surface area contributed by atoms with Gasteiger partial charge >= 0.3 is 0 Å². The topological polar surface area (TPSA) is 52.1 Å². The zero-order valence-corrected chi connectivity index (χ0v) is 19.2. The first-order chi connectivity index (χ1) is 14.7. The molecule has 0 unspecified atom stereocenters. The molecule has 0 atom stereocenters. The summed E-state index contributed by atoms with van der Waals surface area (Å²) in [5.41, 5.74) is 2.64. The standard InChI is InChI=1S/C24H41N5O/c1-20-9-16-29(17-10-20)23-7-5-21(6-8-23)19-26-24(25-2)27-22-11-14-28(15-12-22)13-4-18-30-3/h5-8,20,22H,4,9-19H2,1-3H3,(H2,25,26,27). The molecule has 168 valence electrons. The summed E-state index contributed by atoms with van der Waals surface area (Å²) in [5.74, 6) is 1.77. The molecule has 0 aromatic heterocycles. The molecule has 2 saturated heterocycles. The Morgan fingerprint density at radius 3 is 2.40 bits per heavy atom. The number of rotatable bonds is 8. The molecule has 2 aliphatic rings. The third kappa shape index (κ3) is 7.17. The highest BCUT2D eigenvalue weighted by Gasteiger charge is 2.19. The molecule has 3 rings (SSSR count). The van der Waals surface area contributed by atoms with Crippen LogP contribution in [0, 0.1) is 5.92 Å². The molecule has 0 aliphatic carbocycles. The van der Waals surface area contributed by atoms with Crippen molar-refractivity contribution in [1.29, 1.82) is 0 Å². The van der Waals surface area contributed by atoms with Gasteiger partial charge in [0.1, 0.15) is 0 Å². The van der Waals surface area contributed by atoms with Crippen LogP contribution in [0.4, 0.5) is 5.69 Å². The van der Waals surface area contributed by atoms with Crippen LogP contribution in [-0.2, 0) is 11.3 Å². The van der Waals surface area contributed by atoms with E-state index >= 15 is 0 Å². The minimum absolute atomic E-state index is 0.499. The predicted octanol–water partition coefficient (Wildman–Crippen LogP) is 3.09. The summed E-state index contributed by atoms with van der Waals surface area (Å²) in [4.78, 5) is 9.48. The third-order valence-corrected chi connectivity index (χ3v) is 6.52. The maximum Gasteiger partial charge on any atom is 0.191 e. The van der Waals surface area contributed by atoms with Crippen molar-refractivity contribution in [2.24, 2.45) is 10.9 Å². The molecule has 2 aliphatic heterocycles. The highest BCUT2D eigenvalue weighted by atomic mass is 16.5. The zero-order valence-electron chi connectivity index (χ0n) is 19.2. The summed E-state index contributed by atoms with van der Waals surface area (Å²) in [6.07, 6.45) is 6.05. The van der Waals surface area contributed by atoms with Crippen LogP contribution < -0.4 is 15.5 Å². The Kier molecular flexibility index (Phi) is 9.27. The molecule has 0 radical (unpaired) electrons. The summed E-state index contributed by atoms with van der Waals surface area (Å²) < 4.78 is 5.16. The van der Waals surface area contributed by atoms with E-state index in [-0.39, 0.29) is 0 Å². The SMILES string of the molecule is CN=C(NCc1ccc(N2CCC(C)CC2)cc1)NC1CCN(CCCOC)CC1. The van der Waals surface area contributed by atoms with Gasteiger partial charge in [0.05, 0.1) is 0 Å². The second-order valence-corrected chi connectivity index (χ2v) is 8.87. The van der Waals surface area contributed by atoms with Gasteiger partial charge in [-0.1, -0.05) is 19.1 Å². The number of hydrogen-bond donors (Lipinski definition) is 2. The van der Waals surface area contributed by atoms with E-state index in [1.54, 1.807) is 7.11 Å². The van der Waals surface area contributed by atoms with Gasteiger partial charge in [0.2, 0.25) is 0 Å². The average Bonchev–Trinajstić information content (AvgIpc) is 2.79. The van der Waals surface area contributed by atoms with Crippen LogP contribution in [0.2, 0.25) is 0 Å². The predicted molar refractivity (Wildman–Crippen MR) is 126 cm³/mol. The summed E-state index contributed by atoms with van der Waals surface area (Å²) in [5, 5.41) is 7.10. The normalized spacial score (nSPS) is 19.8. The number of hydrogen-bond acceptors (Lipinski definition) is 4. The van der Waals surface area contributed by atoms with Crippen LogP contribution in [0.5, 0.6) is 0 Å². The Labute approximate surface area is 183 Å². The second kappa shape index (κ2) is 12.2. The number of piperidine rings is 2. The fraction of sp³-hybridized carbons (Fsp3) is 0.708. The molecule has 6 nitrogen and oxygen atoms in total. The van der Waals surface area contributed by atoms with Crippen LogP contribution in [0.3, 0.4) is 0 Å². The second-order valence-electron chi connectivity index (χ2n) is 8.87. The molecule has 1 aromatic carbocycles. The number of aliphatic imine (C=N–C) groups is 1. The number of anilines is 1. The fourth-order valence-corrected chi connectivity index (χ4v) is 4.40. The van der Waals surface area contributed by atoms with Crippen molar-refractivity contribution in [3.63, 3.8) is 0 Å². The van der Waals surface area contributed by atoms with Crippen molar-refractivity contribution < 1.29 is 4.74 Å². The Bertz CT molecular complexity index is 632. The van der Waals surface area contributed by atoms with Gasteiger partial charge in [-0.15, -0.1) is 0 Å². The van der Waals surface area contributed by atoms with Crippen LogP contribution in [0.1, 0.15) is 44.6 Å². The molecule has 0 bridgehead atoms. The lowest BCUT2D eigenvalue weighted by Crippen LogP contribution is -2.48. The van der Waals surface area contributed by atoms with E-state index < -0.39 is 0 Å². The average molecular weight is 416 g/mol. The van der Waals surface area contributed by atoms with Crippen LogP contribution in [-0.4, -0.2) is 70.4 Å². The van der Waals surface area contributed by atoms with Gasteiger partial charge < -0.3 is 25.2 Å². The van der Waals surface area contributed by atoms with E-state index in [1.165, 1.54) is 37.2 Å². The van der Waals surface area contributed by atoms with E-state index in [2.05, 4.69) is 56.6 Å². The van der Waals surface area contributed by atoms with E-state index in [0.29, 0.717) is 6.04 Å².